The summed E-state index contributed by atoms with van der Waals surface area (Å²) in [6.45, 7) is 12.4. The number of piperidine rings is 2. The third kappa shape index (κ3) is 24.6. The van der Waals surface area contributed by atoms with Crippen molar-refractivity contribution in [1.82, 2.24) is 75.8 Å². The van der Waals surface area contributed by atoms with Gasteiger partial charge in [-0.1, -0.05) is 56.8 Å². The fourth-order valence-corrected chi connectivity index (χ4v) is 16.1. The van der Waals surface area contributed by atoms with Gasteiger partial charge in [-0.2, -0.15) is 0 Å². The summed E-state index contributed by atoms with van der Waals surface area (Å²) in [5.41, 5.74) is 10.5. The first-order valence-corrected chi connectivity index (χ1v) is 39.7. The van der Waals surface area contributed by atoms with Gasteiger partial charge >= 0.3 is 18.2 Å². The summed E-state index contributed by atoms with van der Waals surface area (Å²) >= 11 is 26.3. The van der Waals surface area contributed by atoms with Crippen LogP contribution < -0.4 is 51.2 Å². The molecule has 36 heteroatoms. The Balaban J connectivity index is 0.506. The van der Waals surface area contributed by atoms with E-state index in [0.717, 1.165) is 67.6 Å². The number of ether oxygens (including phenoxy) is 7. The molecule has 10 rings (SSSR count). The minimum absolute atomic E-state index is 0.000852. The van der Waals surface area contributed by atoms with Crippen LogP contribution in [-0.2, 0) is 82.8 Å². The number of unbranched alkanes of at least 4 members (excludes halogenated alkanes) is 1. The number of amides is 5. The Bertz CT molecular complexity index is 4070. The van der Waals surface area contributed by atoms with Crippen LogP contribution in [0.5, 0.6) is 11.5 Å². The molecule has 9 N–H and O–H groups in total. The minimum Gasteiger partial charge on any atom is -0.484 e. The molecule has 0 unspecified atom stereocenters. The van der Waals surface area contributed by atoms with Gasteiger partial charge in [0.1, 0.15) is 40.7 Å². The molecule has 4 aliphatic rings. The van der Waals surface area contributed by atoms with Gasteiger partial charge in [0.05, 0.1) is 113 Å². The molecule has 30 nitrogen and oxygen atoms in total. The topological polar surface area (TPSA) is 362 Å². The van der Waals surface area contributed by atoms with Gasteiger partial charge in [-0.15, -0.1) is 10.2 Å². The van der Waals surface area contributed by atoms with E-state index in [1.165, 1.54) is 24.3 Å². The zero-order chi connectivity index (χ0) is 74.5. The second-order valence-corrected chi connectivity index (χ2v) is 32.2. The normalized spacial score (nSPS) is 19.2. The summed E-state index contributed by atoms with van der Waals surface area (Å²) in [5, 5.41) is 32.6. The zero-order valence-corrected chi connectivity index (χ0v) is 63.7. The monoisotopic (exact) mass is 1570 g/mol. The third-order valence-electron chi connectivity index (χ3n) is 17.9. The Labute approximate surface area is 632 Å². The standard InChI is InChI=1S/C69H94Cl4N16O14S2/c1-69(2,3)103-68(92)81-49-9-7-23-87(43-49)63-39-57-59(35-47(71)37-61(57)73)65(63)102-53-12-16-55(17-13-53)105(95,96)80-21-27-98-31-33-100-29-25-89-45-51(83-85-89)41-78-67(91)76-19-5-4-18-75-66(90)77-40-50-44-88(84-82-50)24-28-99-32-30-97-26-20-79-104(93,94)54-14-10-52(11-15-54)101-64-58-34-46(70)36-60(72)56(58)38-62(64)86-22-6-8-48(74)42-86/h10-17,34-37,44-45,48-49,62-65,79-80H,4-9,18-33,38-43,74H2,1-3H3,(H,81,92)(H2,75,77,90)(H2,76,78,91)/t48-,49-,62+,63+,64+,65+/m1/s1. The number of benzene rings is 4. The Morgan fingerprint density at radius 3 is 1.45 bits per heavy atom. The number of hydrogen-bond donors (Lipinski definition) is 8. The highest BCUT2D eigenvalue weighted by Crippen LogP contribution is 2.45. The second-order valence-electron chi connectivity index (χ2n) is 27.0. The minimum atomic E-state index is -3.87. The first-order valence-electron chi connectivity index (χ1n) is 35.3. The smallest absolute Gasteiger partial charge is 0.407 e. The van der Waals surface area contributed by atoms with Gasteiger partial charge in [-0.25, -0.2) is 50.0 Å². The number of likely N-dealkylation sites (tertiary alicyclic amines) is 2. The molecule has 2 fully saturated rings. The molecule has 0 bridgehead atoms. The largest absolute Gasteiger partial charge is 0.484 e. The molecule has 4 heterocycles. The number of aromatic nitrogens is 6. The Kier molecular flexibility index (Phi) is 29.9. The number of halogens is 4. The lowest BCUT2D eigenvalue weighted by Crippen LogP contribution is -2.53. The molecule has 2 saturated heterocycles. The number of rotatable bonds is 38. The van der Waals surface area contributed by atoms with Gasteiger partial charge in [0.2, 0.25) is 20.0 Å². The summed E-state index contributed by atoms with van der Waals surface area (Å²) in [6, 6.07) is 18.8. The summed E-state index contributed by atoms with van der Waals surface area (Å²) in [6.07, 6.45) is 8.29. The van der Waals surface area contributed by atoms with Crippen molar-refractivity contribution in [1.29, 1.82) is 0 Å². The van der Waals surface area contributed by atoms with Gasteiger partial charge in [0.25, 0.3) is 0 Å². The van der Waals surface area contributed by atoms with E-state index in [4.69, 9.17) is 85.3 Å². The van der Waals surface area contributed by atoms with Crippen LogP contribution in [0.3, 0.4) is 0 Å². The molecule has 0 radical (unpaired) electrons. The predicted molar refractivity (Wildman–Crippen MR) is 394 cm³/mol. The fourth-order valence-electron chi connectivity index (χ4n) is 12.9. The lowest BCUT2D eigenvalue weighted by molar-refractivity contribution is 0.0361. The van der Waals surface area contributed by atoms with E-state index in [9.17, 15) is 31.2 Å². The number of carbonyl (C=O) groups excluding carboxylic acids is 3. The number of nitrogens with zero attached hydrogens (tertiary/aromatic N) is 8. The lowest BCUT2D eigenvalue weighted by Gasteiger charge is -2.39. The van der Waals surface area contributed by atoms with Gasteiger partial charge < -0.3 is 65.5 Å². The van der Waals surface area contributed by atoms with E-state index < -0.39 is 37.8 Å². The predicted octanol–water partition coefficient (Wildman–Crippen LogP) is 7.09. The molecule has 105 heavy (non-hydrogen) atoms. The molecule has 574 valence electrons. The number of nitrogens with two attached hydrogens (primary N) is 1. The number of nitrogens with one attached hydrogen (secondary N) is 7. The average molecular weight is 1580 g/mol. The van der Waals surface area contributed by atoms with E-state index in [1.807, 2.05) is 32.9 Å². The summed E-state index contributed by atoms with van der Waals surface area (Å²) < 4.78 is 102. The van der Waals surface area contributed by atoms with Crippen LogP contribution in [-0.4, -0.2) is 210 Å². The van der Waals surface area contributed by atoms with Crippen LogP contribution in [0.25, 0.3) is 0 Å². The van der Waals surface area contributed by atoms with Gasteiger partial charge in [0.15, 0.2) is 0 Å². The average Bonchev–Trinajstić information content (AvgIpc) is 1.61. The number of sulfonamides is 2. The van der Waals surface area contributed by atoms with Crippen molar-refractivity contribution in [3.05, 3.63) is 139 Å². The summed E-state index contributed by atoms with van der Waals surface area (Å²) in [5.74, 6) is 0.985. The Morgan fingerprint density at radius 2 is 1.00 bits per heavy atom. The number of alkyl carbamates (subject to hydrolysis) is 1. The molecule has 6 atom stereocenters. The van der Waals surface area contributed by atoms with Gasteiger partial charge in [0, 0.05) is 82.6 Å². The number of fused-ring (bicyclic) bond motifs is 2. The van der Waals surface area contributed by atoms with E-state index >= 15 is 0 Å². The molecule has 5 amide bonds. The molecule has 0 spiro atoms. The highest BCUT2D eigenvalue weighted by molar-refractivity contribution is 7.89. The molecule has 2 aliphatic heterocycles. The SMILES string of the molecule is CC(C)(C)OC(=O)N[C@@H]1CCCN([C@H]2Cc3c(Cl)cc(Cl)cc3[C@@H]2Oc2ccc(S(=O)(=O)NCCOCCOCCn3cc(CNC(=O)NCCCCNC(=O)NCc4cn(CCOCCOCCNS(=O)(=O)c5ccc(O[C@H]6c7cc(Cl)cc(Cl)c7C[C@@H]6N6CCC[C@@H](N)C6)cc5)nn4)nn3)cc2)C1. The summed E-state index contributed by atoms with van der Waals surface area (Å²) in [7, 11) is -7.69. The first-order chi connectivity index (χ1) is 50.4. The van der Waals surface area contributed by atoms with Crippen LogP contribution in [0.15, 0.2) is 95.0 Å². The molecule has 0 saturated carbocycles. The van der Waals surface area contributed by atoms with E-state index in [2.05, 4.69) is 66.5 Å². The Hall–Kier alpha value is -6.73. The van der Waals surface area contributed by atoms with Gasteiger partial charge in [-0.3, -0.25) is 9.80 Å². The molecule has 2 aromatic heterocycles. The zero-order valence-electron chi connectivity index (χ0n) is 59.0. The maximum atomic E-state index is 13.2. The second kappa shape index (κ2) is 38.9. The molecule has 6 aromatic rings. The van der Waals surface area contributed by atoms with Crippen LogP contribution in [0.1, 0.15) is 105 Å². The van der Waals surface area contributed by atoms with Gasteiger partial charge in [-0.05, 0) is 169 Å². The maximum Gasteiger partial charge on any atom is 0.407 e. The molecule has 4 aromatic carbocycles. The van der Waals surface area contributed by atoms with E-state index in [0.29, 0.717) is 115 Å². The quantitative estimate of drug-likeness (QED) is 0.0179. The van der Waals surface area contributed by atoms with Crippen LogP contribution in [0.4, 0.5) is 14.4 Å². The van der Waals surface area contributed by atoms with Crippen LogP contribution in [0, 0.1) is 0 Å². The highest BCUT2D eigenvalue weighted by Gasteiger charge is 2.43. The number of carbonyl (C=O) groups is 3. The van der Waals surface area contributed by atoms with Crippen molar-refractivity contribution in [2.24, 2.45) is 5.73 Å². The van der Waals surface area contributed by atoms with E-state index in [-0.39, 0.29) is 118 Å². The van der Waals surface area contributed by atoms with Crippen molar-refractivity contribution in [2.45, 2.75) is 150 Å². The number of urea groups is 2. The Morgan fingerprint density at radius 1 is 0.562 bits per heavy atom. The fraction of sp³-hybridized carbons (Fsp3) is 0.551. The van der Waals surface area contributed by atoms with Crippen molar-refractivity contribution < 1.29 is 64.4 Å². The number of hydrogen-bond acceptors (Lipinski definition) is 21. The summed E-state index contributed by atoms with van der Waals surface area (Å²) in [4.78, 5) is 42.3. The van der Waals surface area contributed by atoms with Crippen molar-refractivity contribution in [3.63, 3.8) is 0 Å². The van der Waals surface area contributed by atoms with Crippen molar-refractivity contribution in [2.75, 3.05) is 105 Å². The van der Waals surface area contributed by atoms with Crippen LogP contribution >= 0.6 is 46.4 Å². The van der Waals surface area contributed by atoms with E-state index in [1.54, 1.807) is 58.2 Å². The first kappa shape index (κ1) is 80.8. The highest BCUT2D eigenvalue weighted by atomic mass is 35.5. The van der Waals surface area contributed by atoms with Crippen LogP contribution in [0.2, 0.25) is 20.1 Å². The van der Waals surface area contributed by atoms with Crippen molar-refractivity contribution >= 4 is 84.6 Å². The third-order valence-corrected chi connectivity index (χ3v) is 21.9. The maximum absolute atomic E-state index is 13.2. The molecular weight excluding hydrogens is 1480 g/mol. The molecule has 2 aliphatic carbocycles. The van der Waals surface area contributed by atoms with Crippen molar-refractivity contribution in [3.8, 4) is 11.5 Å². The lowest BCUT2D eigenvalue weighted by atomic mass is 10.0. The molecular formula is C69H94Cl4N16O14S2.